The Morgan fingerprint density at radius 1 is 1.60 bits per heavy atom. The molecule has 0 rings (SSSR count). The number of aliphatic hydroxyl groups excluding tert-OH is 1. The number of aliphatic hydroxyl groups is 1. The summed E-state index contributed by atoms with van der Waals surface area (Å²) < 4.78 is 0. The molecule has 0 heterocycles. The smallest absolute Gasteiger partial charge is 0.114 e. The van der Waals surface area contributed by atoms with Crippen LogP contribution in [0.1, 0.15) is 6.92 Å². The maximum absolute atomic E-state index is 8.86. The van der Waals surface area contributed by atoms with E-state index in [1.165, 1.54) is 6.08 Å². The summed E-state index contributed by atoms with van der Waals surface area (Å²) in [5.41, 5.74) is 6.32. The van der Waals surface area contributed by atoms with Crippen molar-refractivity contribution in [1.82, 2.24) is 0 Å². The molecule has 0 aliphatic rings. The van der Waals surface area contributed by atoms with Crippen molar-refractivity contribution < 1.29 is 5.11 Å². The summed E-state index contributed by atoms with van der Waals surface area (Å²) in [6.07, 6.45) is 4.70. The normalized spacial score (nSPS) is 13.4. The van der Waals surface area contributed by atoms with Gasteiger partial charge in [0.1, 0.15) is 5.76 Å². The molecule has 3 N–H and O–H groups in total. The topological polar surface area (TPSA) is 46.2 Å². The zero-order valence-corrected chi connectivity index (χ0v) is 6.17. The number of nitrogens with two attached hydrogens (primary N) is 1. The molecule has 0 unspecified atom stereocenters. The second-order valence-corrected chi connectivity index (χ2v) is 2.01. The molecule has 0 saturated carbocycles. The molecule has 0 aromatic carbocycles. The van der Waals surface area contributed by atoms with Crippen LogP contribution in [0.15, 0.2) is 36.1 Å². The second kappa shape index (κ2) is 4.82. The van der Waals surface area contributed by atoms with Gasteiger partial charge in [-0.25, -0.2) is 0 Å². The summed E-state index contributed by atoms with van der Waals surface area (Å²) >= 11 is 0. The number of hydrogen-bond donors (Lipinski definition) is 2. The lowest BCUT2D eigenvalue weighted by Gasteiger charge is -1.90. The van der Waals surface area contributed by atoms with Crippen molar-refractivity contribution in [3.05, 3.63) is 36.1 Å². The van der Waals surface area contributed by atoms with Gasteiger partial charge in [-0.15, -0.1) is 0 Å². The highest BCUT2D eigenvalue weighted by Gasteiger charge is 1.81. The summed E-state index contributed by atoms with van der Waals surface area (Å²) in [4.78, 5) is 0. The van der Waals surface area contributed by atoms with Crippen molar-refractivity contribution in [2.75, 3.05) is 6.54 Å². The van der Waals surface area contributed by atoms with Crippen LogP contribution < -0.4 is 5.73 Å². The maximum Gasteiger partial charge on any atom is 0.114 e. The third-order valence-electron chi connectivity index (χ3n) is 1.07. The van der Waals surface area contributed by atoms with Crippen molar-refractivity contribution >= 4 is 0 Å². The van der Waals surface area contributed by atoms with Crippen molar-refractivity contribution in [2.24, 2.45) is 5.73 Å². The standard InChI is InChI=1S/C8H13NO/c1-3-8(10)5-4-7(2)6-9/h3-5,10H,1,6,9H2,2H3/b7-4+,8-5+. The van der Waals surface area contributed by atoms with E-state index in [1.54, 1.807) is 12.2 Å². The predicted octanol–water partition coefficient (Wildman–Crippen LogP) is 1.52. The molecule has 56 valence electrons. The van der Waals surface area contributed by atoms with Crippen LogP contribution in [0, 0.1) is 0 Å². The third-order valence-corrected chi connectivity index (χ3v) is 1.07. The van der Waals surface area contributed by atoms with Crippen LogP contribution >= 0.6 is 0 Å². The molecule has 0 aliphatic heterocycles. The molecule has 0 bridgehead atoms. The quantitative estimate of drug-likeness (QED) is 0.460. The van der Waals surface area contributed by atoms with Gasteiger partial charge < -0.3 is 10.8 Å². The first kappa shape index (κ1) is 8.98. The van der Waals surface area contributed by atoms with E-state index in [9.17, 15) is 0 Å². The lowest BCUT2D eigenvalue weighted by Crippen LogP contribution is -1.98. The average molecular weight is 139 g/mol. The zero-order valence-electron chi connectivity index (χ0n) is 6.17. The minimum Gasteiger partial charge on any atom is -0.508 e. The highest BCUT2D eigenvalue weighted by molar-refractivity contribution is 5.18. The van der Waals surface area contributed by atoms with E-state index in [-0.39, 0.29) is 5.76 Å². The molecule has 0 spiro atoms. The van der Waals surface area contributed by atoms with Gasteiger partial charge in [-0.2, -0.15) is 0 Å². The Bertz CT molecular complexity index is 168. The molecule has 0 aromatic heterocycles. The van der Waals surface area contributed by atoms with Crippen LogP contribution in [0.4, 0.5) is 0 Å². The molecule has 0 atom stereocenters. The minimum atomic E-state index is 0.160. The van der Waals surface area contributed by atoms with Crippen LogP contribution in [-0.2, 0) is 0 Å². The Morgan fingerprint density at radius 3 is 2.60 bits per heavy atom. The van der Waals surface area contributed by atoms with Gasteiger partial charge in [0, 0.05) is 6.54 Å². The Kier molecular flexibility index (Phi) is 4.33. The van der Waals surface area contributed by atoms with E-state index in [0.717, 1.165) is 5.57 Å². The first-order valence-electron chi connectivity index (χ1n) is 3.09. The summed E-state index contributed by atoms with van der Waals surface area (Å²) in [6, 6.07) is 0. The van der Waals surface area contributed by atoms with Gasteiger partial charge in [0.25, 0.3) is 0 Å². The van der Waals surface area contributed by atoms with Crippen molar-refractivity contribution in [1.29, 1.82) is 0 Å². The third kappa shape index (κ3) is 3.92. The molecule has 0 aliphatic carbocycles. The average Bonchev–Trinajstić information content (AvgIpc) is 1.99. The zero-order chi connectivity index (χ0) is 7.98. The van der Waals surface area contributed by atoms with Crippen molar-refractivity contribution in [2.45, 2.75) is 6.92 Å². The van der Waals surface area contributed by atoms with Gasteiger partial charge in [-0.3, -0.25) is 0 Å². The van der Waals surface area contributed by atoms with Crippen LogP contribution in [0.3, 0.4) is 0 Å². The molecular weight excluding hydrogens is 126 g/mol. The Morgan fingerprint density at radius 2 is 2.20 bits per heavy atom. The van der Waals surface area contributed by atoms with Gasteiger partial charge in [-0.1, -0.05) is 18.2 Å². The van der Waals surface area contributed by atoms with E-state index < -0.39 is 0 Å². The fourth-order valence-electron chi connectivity index (χ4n) is 0.364. The van der Waals surface area contributed by atoms with Gasteiger partial charge in [-0.05, 0) is 19.1 Å². The molecule has 0 saturated heterocycles. The van der Waals surface area contributed by atoms with E-state index in [4.69, 9.17) is 10.8 Å². The molecule has 2 nitrogen and oxygen atoms in total. The summed E-state index contributed by atoms with van der Waals surface area (Å²) in [5.74, 6) is 0.160. The monoisotopic (exact) mass is 139 g/mol. The van der Waals surface area contributed by atoms with Crippen LogP contribution in [0.25, 0.3) is 0 Å². The predicted molar refractivity (Wildman–Crippen MR) is 43.7 cm³/mol. The number of hydrogen-bond acceptors (Lipinski definition) is 2. The van der Waals surface area contributed by atoms with Crippen molar-refractivity contribution in [3.8, 4) is 0 Å². The molecule has 0 radical (unpaired) electrons. The van der Waals surface area contributed by atoms with Crippen molar-refractivity contribution in [3.63, 3.8) is 0 Å². The van der Waals surface area contributed by atoms with Gasteiger partial charge in [0.05, 0.1) is 0 Å². The van der Waals surface area contributed by atoms with Crippen LogP contribution in [0.5, 0.6) is 0 Å². The van der Waals surface area contributed by atoms with Gasteiger partial charge in [0.2, 0.25) is 0 Å². The lowest BCUT2D eigenvalue weighted by molar-refractivity contribution is 0.433. The molecule has 2 heteroatoms. The number of rotatable bonds is 3. The largest absolute Gasteiger partial charge is 0.508 e. The van der Waals surface area contributed by atoms with Crippen LogP contribution in [0.2, 0.25) is 0 Å². The molecule has 0 fully saturated rings. The number of allylic oxidation sites excluding steroid dienone is 3. The van der Waals surface area contributed by atoms with E-state index in [1.807, 2.05) is 6.92 Å². The highest BCUT2D eigenvalue weighted by atomic mass is 16.3. The van der Waals surface area contributed by atoms with Gasteiger partial charge >= 0.3 is 0 Å². The van der Waals surface area contributed by atoms with Gasteiger partial charge in [0.15, 0.2) is 0 Å². The SMILES string of the molecule is C=C/C(O)=C\C=C(/C)CN. The van der Waals surface area contributed by atoms with E-state index in [2.05, 4.69) is 6.58 Å². The first-order valence-corrected chi connectivity index (χ1v) is 3.09. The Balaban J connectivity index is 4.03. The first-order chi connectivity index (χ1) is 4.70. The van der Waals surface area contributed by atoms with E-state index in [0.29, 0.717) is 6.54 Å². The summed E-state index contributed by atoms with van der Waals surface area (Å²) in [7, 11) is 0. The van der Waals surface area contributed by atoms with E-state index >= 15 is 0 Å². The lowest BCUT2D eigenvalue weighted by atomic mass is 10.2. The molecule has 0 amide bonds. The molecular formula is C8H13NO. The maximum atomic E-state index is 8.86. The summed E-state index contributed by atoms with van der Waals surface area (Å²) in [6.45, 7) is 5.80. The Hall–Kier alpha value is -1.02. The fourth-order valence-corrected chi connectivity index (χ4v) is 0.364. The molecule has 10 heavy (non-hydrogen) atoms. The second-order valence-electron chi connectivity index (χ2n) is 2.01. The van der Waals surface area contributed by atoms with Crippen LogP contribution in [-0.4, -0.2) is 11.7 Å². The molecule has 0 aromatic rings. The fraction of sp³-hybridized carbons (Fsp3) is 0.250. The highest BCUT2D eigenvalue weighted by Crippen LogP contribution is 1.93. The minimum absolute atomic E-state index is 0.160. The summed E-state index contributed by atoms with van der Waals surface area (Å²) in [5, 5.41) is 8.86. The Labute approximate surface area is 61.4 Å².